The summed E-state index contributed by atoms with van der Waals surface area (Å²) in [6, 6.07) is 7.38. The number of carbonyl (C=O) groups is 2. The molecule has 1 fully saturated rings. The van der Waals surface area contributed by atoms with E-state index in [0.717, 1.165) is 18.4 Å². The van der Waals surface area contributed by atoms with Gasteiger partial charge in [-0.3, -0.25) is 9.59 Å². The highest BCUT2D eigenvalue weighted by atomic mass is 16.4. The van der Waals surface area contributed by atoms with Gasteiger partial charge in [-0.15, -0.1) is 0 Å². The van der Waals surface area contributed by atoms with Gasteiger partial charge in [0.1, 0.15) is 0 Å². The van der Waals surface area contributed by atoms with Crippen molar-refractivity contribution < 1.29 is 14.7 Å². The maximum absolute atomic E-state index is 12.4. The topological polar surface area (TPSA) is 54.4 Å². The van der Waals surface area contributed by atoms with Gasteiger partial charge in [-0.25, -0.2) is 0 Å². The molecule has 1 aliphatic rings. The van der Waals surface area contributed by atoms with E-state index >= 15 is 0 Å². The lowest BCUT2D eigenvalue weighted by Gasteiger charge is -2.27. The fraction of sp³-hybridized carbons (Fsp3) is 0.467. The first kappa shape index (κ1) is 12.8. The molecule has 0 heterocycles. The van der Waals surface area contributed by atoms with Gasteiger partial charge in [-0.05, 0) is 19.8 Å². The minimum absolute atomic E-state index is 0.0119. The van der Waals surface area contributed by atoms with Crippen molar-refractivity contribution in [3.8, 4) is 0 Å². The second-order valence-corrected chi connectivity index (χ2v) is 5.07. The Hall–Kier alpha value is -1.64. The van der Waals surface area contributed by atoms with Gasteiger partial charge in [0.25, 0.3) is 0 Å². The van der Waals surface area contributed by atoms with E-state index in [-0.39, 0.29) is 11.7 Å². The maximum Gasteiger partial charge on any atom is 0.307 e. The molecule has 1 saturated carbocycles. The molecule has 1 aromatic rings. The van der Waals surface area contributed by atoms with Gasteiger partial charge in [-0.1, -0.05) is 42.7 Å². The number of aliphatic carboxylic acids is 1. The van der Waals surface area contributed by atoms with E-state index in [2.05, 4.69) is 0 Å². The molecule has 3 nitrogen and oxygen atoms in total. The van der Waals surface area contributed by atoms with E-state index in [0.29, 0.717) is 18.4 Å². The molecule has 1 aliphatic carbocycles. The summed E-state index contributed by atoms with van der Waals surface area (Å²) in [5.74, 6) is -1.70. The van der Waals surface area contributed by atoms with Gasteiger partial charge in [0.15, 0.2) is 5.78 Å². The zero-order valence-electron chi connectivity index (χ0n) is 10.6. The Morgan fingerprint density at radius 1 is 1.06 bits per heavy atom. The highest BCUT2D eigenvalue weighted by Gasteiger charge is 2.35. The lowest BCUT2D eigenvalue weighted by atomic mass is 9.75. The molecule has 0 saturated heterocycles. The summed E-state index contributed by atoms with van der Waals surface area (Å²) in [6.07, 6.45) is 3.18. The second kappa shape index (κ2) is 5.34. The number of carboxylic acids is 1. The molecular weight excluding hydrogens is 228 g/mol. The monoisotopic (exact) mass is 246 g/mol. The largest absolute Gasteiger partial charge is 0.481 e. The van der Waals surface area contributed by atoms with Crippen molar-refractivity contribution in [2.45, 2.75) is 32.6 Å². The number of carbonyl (C=O) groups excluding carboxylic acids is 1. The fourth-order valence-electron chi connectivity index (χ4n) is 2.67. The number of hydrogen-bond donors (Lipinski definition) is 1. The summed E-state index contributed by atoms with van der Waals surface area (Å²) in [5, 5.41) is 9.20. The summed E-state index contributed by atoms with van der Waals surface area (Å²) in [5.41, 5.74) is 1.74. The standard InChI is InChI=1S/C15H18O3/c1-10-6-8-11(9-7-10)14(16)12-4-2-3-5-13(12)15(17)18/h6-9,12-13H,2-5H2,1H3,(H,17,18)/t12-,13-/m1/s1. The molecule has 0 aromatic heterocycles. The van der Waals surface area contributed by atoms with Gasteiger partial charge >= 0.3 is 5.97 Å². The van der Waals surface area contributed by atoms with Crippen LogP contribution in [0.3, 0.4) is 0 Å². The third-order valence-electron chi connectivity index (χ3n) is 3.76. The average molecular weight is 246 g/mol. The van der Waals surface area contributed by atoms with Crippen LogP contribution in [0.4, 0.5) is 0 Å². The van der Waals surface area contributed by atoms with Gasteiger partial charge in [0.05, 0.1) is 5.92 Å². The van der Waals surface area contributed by atoms with E-state index in [1.807, 2.05) is 19.1 Å². The zero-order valence-corrected chi connectivity index (χ0v) is 10.6. The lowest BCUT2D eigenvalue weighted by Crippen LogP contribution is -2.32. The minimum atomic E-state index is -0.833. The van der Waals surface area contributed by atoms with Crippen molar-refractivity contribution >= 4 is 11.8 Å². The molecule has 0 radical (unpaired) electrons. The van der Waals surface area contributed by atoms with Crippen LogP contribution in [0, 0.1) is 18.8 Å². The summed E-state index contributed by atoms with van der Waals surface area (Å²) >= 11 is 0. The molecule has 2 rings (SSSR count). The molecule has 0 spiro atoms. The van der Waals surface area contributed by atoms with Crippen molar-refractivity contribution in [1.29, 1.82) is 0 Å². The highest BCUT2D eigenvalue weighted by molar-refractivity contribution is 6.00. The summed E-state index contributed by atoms with van der Waals surface area (Å²) in [7, 11) is 0. The van der Waals surface area contributed by atoms with Crippen LogP contribution in [0.2, 0.25) is 0 Å². The van der Waals surface area contributed by atoms with Gasteiger partial charge < -0.3 is 5.11 Å². The van der Waals surface area contributed by atoms with Crippen molar-refractivity contribution in [2.75, 3.05) is 0 Å². The van der Waals surface area contributed by atoms with Crippen molar-refractivity contribution in [1.82, 2.24) is 0 Å². The molecule has 0 amide bonds. The molecule has 3 heteroatoms. The third-order valence-corrected chi connectivity index (χ3v) is 3.76. The molecular formula is C15H18O3. The Bertz CT molecular complexity index is 447. The number of Topliss-reactive ketones (excluding diaryl/α,β-unsaturated/α-hetero) is 1. The van der Waals surface area contributed by atoms with Gasteiger partial charge in [0, 0.05) is 11.5 Å². The van der Waals surface area contributed by atoms with Crippen LogP contribution in [0.15, 0.2) is 24.3 Å². The summed E-state index contributed by atoms with van der Waals surface area (Å²) in [4.78, 5) is 23.6. The smallest absolute Gasteiger partial charge is 0.307 e. The second-order valence-electron chi connectivity index (χ2n) is 5.07. The third kappa shape index (κ3) is 2.61. The van der Waals surface area contributed by atoms with Crippen LogP contribution in [0.1, 0.15) is 41.6 Å². The number of benzene rings is 1. The molecule has 1 aromatic carbocycles. The fourth-order valence-corrected chi connectivity index (χ4v) is 2.67. The average Bonchev–Trinajstić information content (AvgIpc) is 2.39. The van der Waals surface area contributed by atoms with E-state index in [9.17, 15) is 14.7 Å². The molecule has 0 aliphatic heterocycles. The molecule has 1 N–H and O–H groups in total. The number of rotatable bonds is 3. The molecule has 18 heavy (non-hydrogen) atoms. The van der Waals surface area contributed by atoms with Crippen LogP contribution in [-0.2, 0) is 4.79 Å². The molecule has 0 unspecified atom stereocenters. The van der Waals surface area contributed by atoms with Crippen molar-refractivity contribution in [2.24, 2.45) is 11.8 Å². The van der Waals surface area contributed by atoms with Gasteiger partial charge in [-0.2, -0.15) is 0 Å². The quantitative estimate of drug-likeness (QED) is 0.834. The first-order chi connectivity index (χ1) is 8.59. The molecule has 96 valence electrons. The SMILES string of the molecule is Cc1ccc(C(=O)[C@@H]2CCCC[C@H]2C(=O)O)cc1. The summed E-state index contributed by atoms with van der Waals surface area (Å²) in [6.45, 7) is 1.97. The predicted octanol–water partition coefficient (Wildman–Crippen LogP) is 3.07. The Labute approximate surface area is 107 Å². The minimum Gasteiger partial charge on any atom is -0.481 e. The Balaban J connectivity index is 2.20. The number of aryl methyl sites for hydroxylation is 1. The van der Waals surface area contributed by atoms with Crippen molar-refractivity contribution in [3.05, 3.63) is 35.4 Å². The first-order valence-electron chi connectivity index (χ1n) is 6.43. The molecule has 0 bridgehead atoms. The van der Waals surface area contributed by atoms with Crippen LogP contribution < -0.4 is 0 Å². The van der Waals surface area contributed by atoms with Gasteiger partial charge in [0.2, 0.25) is 0 Å². The zero-order chi connectivity index (χ0) is 13.1. The highest BCUT2D eigenvalue weighted by Crippen LogP contribution is 2.32. The van der Waals surface area contributed by atoms with E-state index in [1.54, 1.807) is 12.1 Å². The van der Waals surface area contributed by atoms with Crippen LogP contribution in [0.25, 0.3) is 0 Å². The van der Waals surface area contributed by atoms with E-state index in [1.165, 1.54) is 0 Å². The Kier molecular flexibility index (Phi) is 3.80. The van der Waals surface area contributed by atoms with Crippen molar-refractivity contribution in [3.63, 3.8) is 0 Å². The lowest BCUT2D eigenvalue weighted by molar-refractivity contribution is -0.144. The van der Waals surface area contributed by atoms with Crippen LogP contribution in [0.5, 0.6) is 0 Å². The normalized spacial score (nSPS) is 23.6. The number of hydrogen-bond acceptors (Lipinski definition) is 2. The van der Waals surface area contributed by atoms with E-state index in [4.69, 9.17) is 0 Å². The maximum atomic E-state index is 12.4. The predicted molar refractivity (Wildman–Crippen MR) is 68.6 cm³/mol. The Morgan fingerprint density at radius 2 is 1.61 bits per heavy atom. The first-order valence-corrected chi connectivity index (χ1v) is 6.43. The van der Waals surface area contributed by atoms with Crippen LogP contribution >= 0.6 is 0 Å². The number of carboxylic acid groups (broad SMARTS) is 1. The Morgan fingerprint density at radius 3 is 2.17 bits per heavy atom. The summed E-state index contributed by atoms with van der Waals surface area (Å²) < 4.78 is 0. The molecule has 2 atom stereocenters. The van der Waals surface area contributed by atoms with Crippen LogP contribution in [-0.4, -0.2) is 16.9 Å². The number of ketones is 1. The van der Waals surface area contributed by atoms with E-state index < -0.39 is 11.9 Å².